The number of carbonyl (C=O) groups is 1. The smallest absolute Gasteiger partial charge is 0.331 e. The molecule has 16 heavy (non-hydrogen) atoms. The Balaban J connectivity index is 2.59. The van der Waals surface area contributed by atoms with E-state index in [4.69, 9.17) is 9.47 Å². The maximum Gasteiger partial charge on any atom is 0.331 e. The summed E-state index contributed by atoms with van der Waals surface area (Å²) in [6.07, 6.45) is 3.66. The second kappa shape index (κ2) is 5.00. The van der Waals surface area contributed by atoms with Crippen LogP contribution in [-0.4, -0.2) is 23.8 Å². The van der Waals surface area contributed by atoms with E-state index in [-0.39, 0.29) is 18.2 Å². The Labute approximate surface area is 97.8 Å². The van der Waals surface area contributed by atoms with Crippen LogP contribution in [0.15, 0.2) is 11.6 Å². The average molecular weight is 226 g/mol. The van der Waals surface area contributed by atoms with Gasteiger partial charge in [0.2, 0.25) is 0 Å². The molecule has 1 aliphatic rings. The summed E-state index contributed by atoms with van der Waals surface area (Å²) in [6.45, 7) is 9.67. The summed E-state index contributed by atoms with van der Waals surface area (Å²) < 4.78 is 10.9. The molecule has 0 amide bonds. The standard InChI is InChI=1S/C13H22O3/c1-9-6-11(7-10(2)15-9)8-12(14)16-13(3,4)5/h8-10H,6-7H2,1-5H3. The van der Waals surface area contributed by atoms with Crippen molar-refractivity contribution in [1.82, 2.24) is 0 Å². The summed E-state index contributed by atoms with van der Waals surface area (Å²) in [4.78, 5) is 11.6. The van der Waals surface area contributed by atoms with Gasteiger partial charge >= 0.3 is 5.97 Å². The minimum atomic E-state index is -0.420. The Morgan fingerprint density at radius 2 is 1.81 bits per heavy atom. The maximum atomic E-state index is 11.6. The Bertz CT molecular complexity index is 274. The molecular weight excluding hydrogens is 204 g/mol. The molecule has 1 heterocycles. The van der Waals surface area contributed by atoms with Crippen molar-refractivity contribution in [1.29, 1.82) is 0 Å². The van der Waals surface area contributed by atoms with Gasteiger partial charge in [0.05, 0.1) is 12.2 Å². The van der Waals surface area contributed by atoms with Gasteiger partial charge in [0, 0.05) is 6.08 Å². The van der Waals surface area contributed by atoms with E-state index >= 15 is 0 Å². The second-order valence-corrected chi connectivity index (χ2v) is 5.50. The summed E-state index contributed by atoms with van der Waals surface area (Å²) in [6, 6.07) is 0. The van der Waals surface area contributed by atoms with Crippen molar-refractivity contribution < 1.29 is 14.3 Å². The fourth-order valence-corrected chi connectivity index (χ4v) is 1.93. The summed E-state index contributed by atoms with van der Waals surface area (Å²) >= 11 is 0. The van der Waals surface area contributed by atoms with Crippen LogP contribution < -0.4 is 0 Å². The zero-order valence-corrected chi connectivity index (χ0v) is 10.9. The molecule has 0 saturated carbocycles. The minimum absolute atomic E-state index is 0.192. The van der Waals surface area contributed by atoms with E-state index in [0.717, 1.165) is 18.4 Å². The van der Waals surface area contributed by atoms with Gasteiger partial charge in [0.1, 0.15) is 5.60 Å². The van der Waals surface area contributed by atoms with Crippen LogP contribution in [0.2, 0.25) is 0 Å². The zero-order chi connectivity index (χ0) is 12.3. The number of rotatable bonds is 1. The van der Waals surface area contributed by atoms with Crippen molar-refractivity contribution in [3.63, 3.8) is 0 Å². The molecule has 0 aromatic rings. The van der Waals surface area contributed by atoms with Crippen molar-refractivity contribution in [2.75, 3.05) is 0 Å². The quantitative estimate of drug-likeness (QED) is 0.509. The second-order valence-electron chi connectivity index (χ2n) is 5.50. The van der Waals surface area contributed by atoms with Gasteiger partial charge in [-0.3, -0.25) is 0 Å². The molecule has 1 fully saturated rings. The van der Waals surface area contributed by atoms with Crippen molar-refractivity contribution in [3.05, 3.63) is 11.6 Å². The van der Waals surface area contributed by atoms with E-state index < -0.39 is 5.60 Å². The van der Waals surface area contributed by atoms with Gasteiger partial charge in [-0.15, -0.1) is 0 Å². The summed E-state index contributed by atoms with van der Waals surface area (Å²) in [7, 11) is 0. The lowest BCUT2D eigenvalue weighted by molar-refractivity contribution is -0.148. The van der Waals surface area contributed by atoms with Crippen LogP contribution in [0.4, 0.5) is 0 Å². The fourth-order valence-electron chi connectivity index (χ4n) is 1.93. The molecule has 0 bridgehead atoms. The number of hydrogen-bond donors (Lipinski definition) is 0. The first-order valence-corrected chi connectivity index (χ1v) is 5.84. The number of hydrogen-bond acceptors (Lipinski definition) is 3. The molecule has 3 nitrogen and oxygen atoms in total. The SMILES string of the molecule is CC1CC(=CC(=O)OC(C)(C)C)CC(C)O1. The molecule has 0 aromatic carbocycles. The highest BCUT2D eigenvalue weighted by Crippen LogP contribution is 2.24. The third-order valence-electron chi connectivity index (χ3n) is 2.29. The minimum Gasteiger partial charge on any atom is -0.457 e. The largest absolute Gasteiger partial charge is 0.457 e. The summed E-state index contributed by atoms with van der Waals surface area (Å²) in [5.41, 5.74) is 0.705. The highest BCUT2D eigenvalue weighted by atomic mass is 16.6. The van der Waals surface area contributed by atoms with Gasteiger partial charge in [-0.25, -0.2) is 4.79 Å². The lowest BCUT2D eigenvalue weighted by Crippen LogP contribution is -2.26. The van der Waals surface area contributed by atoms with Crippen molar-refractivity contribution in [3.8, 4) is 0 Å². The molecule has 1 aliphatic heterocycles. The van der Waals surface area contributed by atoms with Crippen LogP contribution >= 0.6 is 0 Å². The van der Waals surface area contributed by atoms with Crippen LogP contribution in [0.3, 0.4) is 0 Å². The highest BCUT2D eigenvalue weighted by Gasteiger charge is 2.21. The van der Waals surface area contributed by atoms with Crippen LogP contribution in [0.25, 0.3) is 0 Å². The first-order chi connectivity index (χ1) is 7.26. The predicted molar refractivity (Wildman–Crippen MR) is 63.2 cm³/mol. The third-order valence-corrected chi connectivity index (χ3v) is 2.29. The van der Waals surface area contributed by atoms with Gasteiger partial charge < -0.3 is 9.47 Å². The molecule has 92 valence electrons. The molecule has 0 aromatic heterocycles. The topological polar surface area (TPSA) is 35.5 Å². The zero-order valence-electron chi connectivity index (χ0n) is 10.9. The molecule has 0 radical (unpaired) electrons. The number of esters is 1. The summed E-state index contributed by atoms with van der Waals surface area (Å²) in [5.74, 6) is -0.246. The normalized spacial score (nSPS) is 26.4. The molecule has 0 N–H and O–H groups in total. The van der Waals surface area contributed by atoms with Gasteiger partial charge in [-0.2, -0.15) is 0 Å². The lowest BCUT2D eigenvalue weighted by Gasteiger charge is -2.27. The molecular formula is C13H22O3. The van der Waals surface area contributed by atoms with Crippen molar-refractivity contribution in [2.24, 2.45) is 0 Å². The Morgan fingerprint density at radius 1 is 1.31 bits per heavy atom. The van der Waals surface area contributed by atoms with Crippen molar-refractivity contribution >= 4 is 5.97 Å². The monoisotopic (exact) mass is 226 g/mol. The predicted octanol–water partition coefficient (Wildman–Crippen LogP) is 2.84. The average Bonchev–Trinajstić information content (AvgIpc) is 1.96. The van der Waals surface area contributed by atoms with E-state index in [1.165, 1.54) is 0 Å². The van der Waals surface area contributed by atoms with E-state index in [0.29, 0.717) is 0 Å². The molecule has 1 saturated heterocycles. The third kappa shape index (κ3) is 4.79. The fraction of sp³-hybridized carbons (Fsp3) is 0.769. The molecule has 3 heteroatoms. The maximum absolute atomic E-state index is 11.6. The molecule has 0 aliphatic carbocycles. The molecule has 0 spiro atoms. The molecule has 2 atom stereocenters. The highest BCUT2D eigenvalue weighted by molar-refractivity contribution is 5.83. The van der Waals surface area contributed by atoms with Crippen molar-refractivity contribution in [2.45, 2.75) is 65.3 Å². The van der Waals surface area contributed by atoms with Crippen LogP contribution in [0.5, 0.6) is 0 Å². The van der Waals surface area contributed by atoms with Crippen LogP contribution in [0.1, 0.15) is 47.5 Å². The first-order valence-electron chi connectivity index (χ1n) is 5.84. The summed E-state index contributed by atoms with van der Waals surface area (Å²) in [5, 5.41) is 0. The van der Waals surface area contributed by atoms with Gasteiger partial charge in [-0.05, 0) is 47.5 Å². The lowest BCUT2D eigenvalue weighted by atomic mass is 9.99. The van der Waals surface area contributed by atoms with Gasteiger partial charge in [0.25, 0.3) is 0 Å². The van der Waals surface area contributed by atoms with E-state index in [1.54, 1.807) is 6.08 Å². The van der Waals surface area contributed by atoms with Crippen LogP contribution in [0, 0.1) is 0 Å². The number of carbonyl (C=O) groups excluding carboxylic acids is 1. The van der Waals surface area contributed by atoms with Gasteiger partial charge in [-0.1, -0.05) is 5.57 Å². The Kier molecular flexibility index (Phi) is 4.14. The van der Waals surface area contributed by atoms with E-state index in [2.05, 4.69) is 0 Å². The first kappa shape index (κ1) is 13.2. The van der Waals surface area contributed by atoms with Gasteiger partial charge in [0.15, 0.2) is 0 Å². The van der Waals surface area contributed by atoms with E-state index in [1.807, 2.05) is 34.6 Å². The Hall–Kier alpha value is -0.830. The molecule has 2 unspecified atom stereocenters. The molecule has 1 rings (SSSR count). The van der Waals surface area contributed by atoms with E-state index in [9.17, 15) is 4.79 Å². The Morgan fingerprint density at radius 3 is 2.25 bits per heavy atom. The van der Waals surface area contributed by atoms with Crippen LogP contribution in [-0.2, 0) is 14.3 Å². The number of ether oxygens (including phenoxy) is 2.